The first-order chi connectivity index (χ1) is 11.0. The fourth-order valence-electron chi connectivity index (χ4n) is 2.49. The van der Waals surface area contributed by atoms with Crippen LogP contribution in [0.4, 0.5) is 0 Å². The summed E-state index contributed by atoms with van der Waals surface area (Å²) in [6.07, 6.45) is 0. The summed E-state index contributed by atoms with van der Waals surface area (Å²) in [6.45, 7) is 13.4. The molecule has 0 heterocycles. The molecular weight excluding hydrogens is 424 g/mol. The van der Waals surface area contributed by atoms with Crippen LogP contribution >= 0.6 is 31.9 Å². The summed E-state index contributed by atoms with van der Waals surface area (Å²) in [5.41, 5.74) is 5.39. The fraction of sp³-hybridized carbons (Fsp3) is 0.364. The highest BCUT2D eigenvalue weighted by atomic mass is 79.9. The van der Waals surface area contributed by atoms with Crippen molar-refractivity contribution in [3.63, 3.8) is 0 Å². The normalized spacial score (nSPS) is 13.7. The van der Waals surface area contributed by atoms with Gasteiger partial charge in [0.1, 0.15) is 0 Å². The Bertz CT molecular complexity index is 656. The van der Waals surface area contributed by atoms with Gasteiger partial charge in [0.25, 0.3) is 0 Å². The Balaban J connectivity index is 2.33. The van der Waals surface area contributed by atoms with Gasteiger partial charge in [0.05, 0.1) is 0 Å². The minimum atomic E-state index is 0.175. The van der Waals surface area contributed by atoms with Gasteiger partial charge in [-0.3, -0.25) is 0 Å². The molecule has 0 aliphatic heterocycles. The van der Waals surface area contributed by atoms with Crippen LogP contribution in [0, 0.1) is 0 Å². The molecule has 0 bridgehead atoms. The molecule has 2 rings (SSSR count). The van der Waals surface area contributed by atoms with Gasteiger partial charge in [-0.15, -0.1) is 0 Å². The first-order valence-corrected chi connectivity index (χ1v) is 9.86. The molecule has 0 aliphatic carbocycles. The predicted molar refractivity (Wildman–Crippen MR) is 115 cm³/mol. The summed E-state index contributed by atoms with van der Waals surface area (Å²) in [6, 6.07) is 17.5. The van der Waals surface area contributed by atoms with Crippen LogP contribution in [0.1, 0.15) is 63.8 Å². The second-order valence-corrected chi connectivity index (χ2v) is 9.87. The predicted octanol–water partition coefficient (Wildman–Crippen LogP) is 7.90. The Labute approximate surface area is 163 Å². The van der Waals surface area contributed by atoms with E-state index in [0.29, 0.717) is 0 Å². The summed E-state index contributed by atoms with van der Waals surface area (Å²) in [5, 5.41) is 0. The van der Waals surface area contributed by atoms with E-state index in [1.54, 1.807) is 0 Å². The summed E-state index contributed by atoms with van der Waals surface area (Å²) >= 11 is 7.51. The molecule has 0 atom stereocenters. The first kappa shape index (κ1) is 19.5. The minimum absolute atomic E-state index is 0.175. The van der Waals surface area contributed by atoms with E-state index in [1.807, 2.05) is 0 Å². The summed E-state index contributed by atoms with van der Waals surface area (Å²) in [7, 11) is 0. The number of hydrogen-bond acceptors (Lipinski definition) is 0. The van der Waals surface area contributed by atoms with Gasteiger partial charge in [0, 0.05) is 8.96 Å². The molecule has 0 unspecified atom stereocenters. The maximum Gasteiger partial charge on any atom is 0.0395 e. The molecular formula is C22H26Br2. The molecule has 0 N–H and O–H groups in total. The number of benzene rings is 2. The van der Waals surface area contributed by atoms with Gasteiger partial charge in [-0.25, -0.2) is 0 Å². The Hall–Kier alpha value is -0.860. The van der Waals surface area contributed by atoms with Crippen molar-refractivity contribution in [1.82, 2.24) is 0 Å². The largest absolute Gasteiger partial charge is 0.0579 e. The van der Waals surface area contributed by atoms with E-state index < -0.39 is 0 Å². The van der Waals surface area contributed by atoms with Crippen molar-refractivity contribution in [3.8, 4) is 0 Å². The molecule has 128 valence electrons. The van der Waals surface area contributed by atoms with E-state index in [4.69, 9.17) is 0 Å². The SMILES string of the molecule is CC(C)(C)c1ccc(C(Br)=C(Br)c2ccc(C(C)(C)C)cc2)cc1. The van der Waals surface area contributed by atoms with Crippen LogP contribution in [0.2, 0.25) is 0 Å². The lowest BCUT2D eigenvalue weighted by Crippen LogP contribution is -2.10. The molecule has 0 saturated heterocycles. The van der Waals surface area contributed by atoms with Crippen LogP contribution in [0.5, 0.6) is 0 Å². The molecule has 0 spiro atoms. The summed E-state index contributed by atoms with van der Waals surface area (Å²) in [4.78, 5) is 0. The van der Waals surface area contributed by atoms with Gasteiger partial charge >= 0.3 is 0 Å². The van der Waals surface area contributed by atoms with Crippen molar-refractivity contribution in [2.45, 2.75) is 52.4 Å². The quantitative estimate of drug-likeness (QED) is 0.408. The van der Waals surface area contributed by atoms with Crippen molar-refractivity contribution in [1.29, 1.82) is 0 Å². The average Bonchev–Trinajstić information content (AvgIpc) is 2.52. The summed E-state index contributed by atoms with van der Waals surface area (Å²) < 4.78 is 2.15. The summed E-state index contributed by atoms with van der Waals surface area (Å²) in [5.74, 6) is 0. The smallest absolute Gasteiger partial charge is 0.0395 e. The van der Waals surface area contributed by atoms with Crippen molar-refractivity contribution in [2.24, 2.45) is 0 Å². The van der Waals surface area contributed by atoms with E-state index in [0.717, 1.165) is 8.96 Å². The maximum absolute atomic E-state index is 3.75. The van der Waals surface area contributed by atoms with Crippen LogP contribution in [0.25, 0.3) is 8.96 Å². The van der Waals surface area contributed by atoms with Crippen LogP contribution in [-0.2, 0) is 10.8 Å². The molecule has 0 radical (unpaired) electrons. The Morgan fingerprint density at radius 3 is 1.00 bits per heavy atom. The van der Waals surface area contributed by atoms with Crippen molar-refractivity contribution in [3.05, 3.63) is 70.8 Å². The molecule has 0 saturated carbocycles. The highest BCUT2D eigenvalue weighted by Crippen LogP contribution is 2.37. The van der Waals surface area contributed by atoms with Crippen LogP contribution in [-0.4, -0.2) is 0 Å². The standard InChI is InChI=1S/C22H26Br2/c1-21(2,3)17-11-7-15(8-12-17)19(23)20(24)16-9-13-18(14-10-16)22(4,5)6/h7-14H,1-6H3. The molecule has 0 nitrogen and oxygen atoms in total. The molecule has 0 fully saturated rings. The van der Waals surface area contributed by atoms with E-state index in [-0.39, 0.29) is 10.8 Å². The fourth-order valence-corrected chi connectivity index (χ4v) is 3.47. The third-order valence-electron chi connectivity index (χ3n) is 4.20. The van der Waals surface area contributed by atoms with Crippen LogP contribution in [0.3, 0.4) is 0 Å². The minimum Gasteiger partial charge on any atom is -0.0579 e. The lowest BCUT2D eigenvalue weighted by Gasteiger charge is -2.20. The van der Waals surface area contributed by atoms with Gasteiger partial charge in [0.2, 0.25) is 0 Å². The molecule has 0 aromatic heterocycles. The zero-order valence-electron chi connectivity index (χ0n) is 15.4. The second-order valence-electron chi connectivity index (χ2n) is 8.28. The third kappa shape index (κ3) is 4.61. The van der Waals surface area contributed by atoms with E-state index in [9.17, 15) is 0 Å². The molecule has 0 aliphatic rings. The average molecular weight is 450 g/mol. The van der Waals surface area contributed by atoms with Crippen molar-refractivity contribution < 1.29 is 0 Å². The lowest BCUT2D eigenvalue weighted by molar-refractivity contribution is 0.590. The van der Waals surface area contributed by atoms with E-state index in [2.05, 4.69) is 122 Å². The lowest BCUT2D eigenvalue weighted by atomic mass is 9.86. The number of halogens is 2. The van der Waals surface area contributed by atoms with Crippen LogP contribution < -0.4 is 0 Å². The number of hydrogen-bond donors (Lipinski definition) is 0. The molecule has 24 heavy (non-hydrogen) atoms. The Kier molecular flexibility index (Phi) is 5.82. The van der Waals surface area contributed by atoms with E-state index in [1.165, 1.54) is 22.3 Å². The Morgan fingerprint density at radius 1 is 0.542 bits per heavy atom. The topological polar surface area (TPSA) is 0 Å². The van der Waals surface area contributed by atoms with Gasteiger partial charge < -0.3 is 0 Å². The van der Waals surface area contributed by atoms with Gasteiger partial charge in [0.15, 0.2) is 0 Å². The van der Waals surface area contributed by atoms with Crippen molar-refractivity contribution in [2.75, 3.05) is 0 Å². The van der Waals surface area contributed by atoms with Gasteiger partial charge in [-0.05, 0) is 64.9 Å². The molecule has 2 aromatic rings. The first-order valence-electron chi connectivity index (χ1n) is 8.27. The number of rotatable bonds is 2. The highest BCUT2D eigenvalue weighted by Gasteiger charge is 2.15. The maximum atomic E-state index is 3.75. The van der Waals surface area contributed by atoms with Crippen LogP contribution in [0.15, 0.2) is 48.5 Å². The van der Waals surface area contributed by atoms with Gasteiger partial charge in [-0.1, -0.05) is 90.1 Å². The van der Waals surface area contributed by atoms with Gasteiger partial charge in [-0.2, -0.15) is 0 Å². The molecule has 2 heteroatoms. The highest BCUT2D eigenvalue weighted by molar-refractivity contribution is 9.18. The Morgan fingerprint density at radius 2 is 0.792 bits per heavy atom. The van der Waals surface area contributed by atoms with E-state index >= 15 is 0 Å². The molecule has 0 amide bonds. The monoisotopic (exact) mass is 448 g/mol. The van der Waals surface area contributed by atoms with Crippen molar-refractivity contribution >= 4 is 40.8 Å². The second kappa shape index (κ2) is 7.17. The molecule has 2 aromatic carbocycles. The third-order valence-corrected chi connectivity index (χ3v) is 6.44. The zero-order chi connectivity index (χ0) is 18.1. The zero-order valence-corrected chi connectivity index (χ0v) is 18.5.